The van der Waals surface area contributed by atoms with E-state index in [0.717, 1.165) is 22.6 Å². The summed E-state index contributed by atoms with van der Waals surface area (Å²) < 4.78 is 2.07. The first-order valence-corrected chi connectivity index (χ1v) is 5.63. The largest absolute Gasteiger partial charge is 0.411 e. The Hall–Kier alpha value is -1.45. The lowest BCUT2D eigenvalue weighted by atomic mass is 10.2. The van der Waals surface area contributed by atoms with Gasteiger partial charge in [-0.1, -0.05) is 22.8 Å². The van der Waals surface area contributed by atoms with Crippen molar-refractivity contribution in [3.63, 3.8) is 0 Å². The second kappa shape index (κ2) is 5.94. The van der Waals surface area contributed by atoms with Gasteiger partial charge >= 0.3 is 0 Å². The summed E-state index contributed by atoms with van der Waals surface area (Å²) in [5.41, 5.74) is 3.98. The Labute approximate surface area is 117 Å². The van der Waals surface area contributed by atoms with E-state index >= 15 is 0 Å². The molecular weight excluding hydrogens is 271 g/mol. The molecule has 0 aliphatic carbocycles. The fourth-order valence-corrected chi connectivity index (χ4v) is 2.18. The van der Waals surface area contributed by atoms with Crippen molar-refractivity contribution in [2.24, 2.45) is 5.16 Å². The van der Waals surface area contributed by atoms with Crippen LogP contribution in [0.2, 0.25) is 5.02 Å². The lowest BCUT2D eigenvalue weighted by Gasteiger charge is -2.09. The van der Waals surface area contributed by atoms with Crippen molar-refractivity contribution in [2.45, 2.75) is 13.8 Å². The molecule has 5 heteroatoms. The summed E-state index contributed by atoms with van der Waals surface area (Å²) in [7, 11) is 0. The minimum absolute atomic E-state index is 0. The van der Waals surface area contributed by atoms with Crippen LogP contribution in [0.4, 0.5) is 0 Å². The maximum absolute atomic E-state index is 8.60. The van der Waals surface area contributed by atoms with Crippen LogP contribution in [0.3, 0.4) is 0 Å². The molecule has 0 radical (unpaired) electrons. The van der Waals surface area contributed by atoms with Gasteiger partial charge in [0.15, 0.2) is 0 Å². The van der Waals surface area contributed by atoms with Crippen LogP contribution in [0.1, 0.15) is 17.0 Å². The third-order valence-corrected chi connectivity index (χ3v) is 2.97. The molecule has 1 N–H and O–H groups in total. The van der Waals surface area contributed by atoms with Gasteiger partial charge < -0.3 is 9.77 Å². The maximum Gasteiger partial charge on any atom is 0.0752 e. The monoisotopic (exact) mass is 284 g/mol. The number of oxime groups is 1. The smallest absolute Gasteiger partial charge is 0.0752 e. The van der Waals surface area contributed by atoms with Gasteiger partial charge in [-0.15, -0.1) is 12.4 Å². The molecule has 1 aromatic heterocycles. The molecule has 1 heterocycles. The molecule has 0 spiro atoms. The highest BCUT2D eigenvalue weighted by Crippen LogP contribution is 2.22. The summed E-state index contributed by atoms with van der Waals surface area (Å²) in [6, 6.07) is 9.62. The van der Waals surface area contributed by atoms with Gasteiger partial charge in [-0.05, 0) is 38.1 Å². The van der Waals surface area contributed by atoms with Gasteiger partial charge in [0, 0.05) is 27.7 Å². The summed E-state index contributed by atoms with van der Waals surface area (Å²) >= 11 is 5.99. The second-order valence-corrected chi connectivity index (χ2v) is 4.32. The molecule has 0 aliphatic rings. The molecule has 0 bridgehead atoms. The van der Waals surface area contributed by atoms with Crippen LogP contribution < -0.4 is 0 Å². The highest BCUT2D eigenvalue weighted by molar-refractivity contribution is 6.30. The Bertz CT molecular complexity index is 576. The van der Waals surface area contributed by atoms with Crippen LogP contribution in [0.25, 0.3) is 5.69 Å². The minimum Gasteiger partial charge on any atom is -0.411 e. The number of hydrogen-bond donors (Lipinski definition) is 1. The highest BCUT2D eigenvalue weighted by Gasteiger charge is 2.09. The molecule has 0 unspecified atom stereocenters. The molecule has 2 rings (SSSR count). The normalized spacial score (nSPS) is 10.6. The SMILES string of the molecule is Cc1cc(C=NO)c(C)n1-c1cccc(Cl)c1.Cl. The predicted molar refractivity (Wildman–Crippen MR) is 76.9 cm³/mol. The summed E-state index contributed by atoms with van der Waals surface area (Å²) in [6.07, 6.45) is 1.43. The van der Waals surface area contributed by atoms with E-state index in [1.54, 1.807) is 0 Å². The van der Waals surface area contributed by atoms with Gasteiger partial charge in [-0.2, -0.15) is 0 Å². The van der Waals surface area contributed by atoms with E-state index in [2.05, 4.69) is 9.72 Å². The van der Waals surface area contributed by atoms with Crippen LogP contribution in [0, 0.1) is 13.8 Å². The van der Waals surface area contributed by atoms with Crippen molar-refractivity contribution < 1.29 is 5.21 Å². The quantitative estimate of drug-likeness (QED) is 0.506. The minimum atomic E-state index is 0. The van der Waals surface area contributed by atoms with Crippen molar-refractivity contribution in [3.05, 3.63) is 52.3 Å². The Balaban J connectivity index is 0.00000162. The molecule has 1 aromatic carbocycles. The molecule has 3 nitrogen and oxygen atoms in total. The highest BCUT2D eigenvalue weighted by atomic mass is 35.5. The molecule has 0 saturated heterocycles. The van der Waals surface area contributed by atoms with E-state index in [1.807, 2.05) is 44.2 Å². The van der Waals surface area contributed by atoms with E-state index in [4.69, 9.17) is 16.8 Å². The Morgan fingerprint density at radius 2 is 2.00 bits per heavy atom. The van der Waals surface area contributed by atoms with Crippen molar-refractivity contribution in [1.29, 1.82) is 0 Å². The first-order chi connectivity index (χ1) is 8.13. The average molecular weight is 285 g/mol. The Morgan fingerprint density at radius 3 is 2.61 bits per heavy atom. The summed E-state index contributed by atoms with van der Waals surface area (Å²) in [5, 5.41) is 12.4. The van der Waals surface area contributed by atoms with Crippen molar-refractivity contribution in [3.8, 4) is 5.69 Å². The fourth-order valence-electron chi connectivity index (χ4n) is 1.99. The van der Waals surface area contributed by atoms with Crippen LogP contribution in [-0.4, -0.2) is 16.0 Å². The lowest BCUT2D eigenvalue weighted by Crippen LogP contribution is -1.99. The number of benzene rings is 1. The van der Waals surface area contributed by atoms with E-state index in [9.17, 15) is 0 Å². The molecule has 18 heavy (non-hydrogen) atoms. The van der Waals surface area contributed by atoms with Gasteiger partial charge in [-0.3, -0.25) is 0 Å². The van der Waals surface area contributed by atoms with Crippen LogP contribution in [-0.2, 0) is 0 Å². The average Bonchev–Trinajstić information content (AvgIpc) is 2.55. The zero-order valence-electron chi connectivity index (χ0n) is 10.1. The Morgan fingerprint density at radius 1 is 1.28 bits per heavy atom. The van der Waals surface area contributed by atoms with E-state index in [-0.39, 0.29) is 12.4 Å². The summed E-state index contributed by atoms with van der Waals surface area (Å²) in [5.74, 6) is 0. The standard InChI is InChI=1S/C13H13ClN2O.ClH/c1-9-6-11(8-15-17)10(2)16(9)13-5-3-4-12(14)7-13;/h3-8,17H,1-2H3;1H. The van der Waals surface area contributed by atoms with E-state index < -0.39 is 0 Å². The molecule has 2 aromatic rings. The molecular formula is C13H14Cl2N2O. The zero-order valence-corrected chi connectivity index (χ0v) is 11.7. The maximum atomic E-state index is 8.60. The fraction of sp³-hybridized carbons (Fsp3) is 0.154. The number of aryl methyl sites for hydroxylation is 1. The van der Waals surface area contributed by atoms with Gasteiger partial charge in [0.1, 0.15) is 0 Å². The van der Waals surface area contributed by atoms with Gasteiger partial charge in [0.2, 0.25) is 0 Å². The Kier molecular flexibility index (Phi) is 4.82. The molecule has 96 valence electrons. The molecule has 0 atom stereocenters. The van der Waals surface area contributed by atoms with Gasteiger partial charge in [0.25, 0.3) is 0 Å². The first kappa shape index (κ1) is 14.6. The predicted octanol–water partition coefficient (Wildman–Crippen LogP) is 3.98. The van der Waals surface area contributed by atoms with Crippen molar-refractivity contribution >= 4 is 30.2 Å². The number of nitrogens with zero attached hydrogens (tertiary/aromatic N) is 2. The van der Waals surface area contributed by atoms with E-state index in [0.29, 0.717) is 5.02 Å². The molecule has 0 amide bonds. The number of aromatic nitrogens is 1. The third kappa shape index (κ3) is 2.68. The summed E-state index contributed by atoms with van der Waals surface area (Å²) in [4.78, 5) is 0. The first-order valence-electron chi connectivity index (χ1n) is 5.26. The van der Waals surface area contributed by atoms with Crippen molar-refractivity contribution in [1.82, 2.24) is 4.57 Å². The number of hydrogen-bond acceptors (Lipinski definition) is 2. The molecule has 0 fully saturated rings. The number of rotatable bonds is 2. The zero-order chi connectivity index (χ0) is 12.4. The topological polar surface area (TPSA) is 37.5 Å². The van der Waals surface area contributed by atoms with Crippen LogP contribution >= 0.6 is 24.0 Å². The third-order valence-electron chi connectivity index (χ3n) is 2.73. The number of halogens is 2. The lowest BCUT2D eigenvalue weighted by molar-refractivity contribution is 0.322. The molecule has 0 aliphatic heterocycles. The van der Waals surface area contributed by atoms with Gasteiger partial charge in [-0.25, -0.2) is 0 Å². The van der Waals surface area contributed by atoms with Gasteiger partial charge in [0.05, 0.1) is 6.21 Å². The van der Waals surface area contributed by atoms with E-state index in [1.165, 1.54) is 6.21 Å². The van der Waals surface area contributed by atoms with Crippen LogP contribution in [0.15, 0.2) is 35.5 Å². The second-order valence-electron chi connectivity index (χ2n) is 3.89. The molecule has 0 saturated carbocycles. The summed E-state index contributed by atoms with van der Waals surface area (Å²) in [6.45, 7) is 3.98. The van der Waals surface area contributed by atoms with Crippen LogP contribution in [0.5, 0.6) is 0 Å². The van der Waals surface area contributed by atoms with Crippen molar-refractivity contribution in [2.75, 3.05) is 0 Å².